The van der Waals surface area contributed by atoms with Crippen molar-refractivity contribution in [3.05, 3.63) is 18.7 Å². The predicted octanol–water partition coefficient (Wildman–Crippen LogP) is 0.321. The maximum Gasteiger partial charge on any atom is 0.0945 e. The van der Waals surface area contributed by atoms with Gasteiger partial charge in [-0.05, 0) is 13.3 Å². The summed E-state index contributed by atoms with van der Waals surface area (Å²) in [5.74, 6) is 0. The number of hydrogen-bond acceptors (Lipinski definition) is 4. The molecule has 0 aliphatic carbocycles. The molecule has 0 amide bonds. The number of hydrogen-bond donors (Lipinski definition) is 1. The molecule has 0 aromatic carbocycles. The Labute approximate surface area is 103 Å². The van der Waals surface area contributed by atoms with Crippen molar-refractivity contribution in [3.8, 4) is 0 Å². The summed E-state index contributed by atoms with van der Waals surface area (Å²) in [6.45, 7) is 6.93. The van der Waals surface area contributed by atoms with Crippen LogP contribution in [-0.4, -0.2) is 52.8 Å². The monoisotopic (exact) mass is 238 g/mol. The molecule has 1 aliphatic heterocycles. The number of imidazole rings is 1. The lowest BCUT2D eigenvalue weighted by molar-refractivity contribution is -0.0380. The molecular weight excluding hydrogens is 216 g/mol. The Bertz CT molecular complexity index is 312. The fraction of sp³-hybridized carbons (Fsp3) is 0.750. The molecule has 1 aromatic rings. The van der Waals surface area contributed by atoms with Crippen LogP contribution in [0.4, 0.5) is 0 Å². The van der Waals surface area contributed by atoms with E-state index >= 15 is 0 Å². The lowest BCUT2D eigenvalue weighted by Gasteiger charge is -2.34. The van der Waals surface area contributed by atoms with Gasteiger partial charge in [0.25, 0.3) is 0 Å². The molecule has 1 aromatic heterocycles. The zero-order valence-corrected chi connectivity index (χ0v) is 10.5. The number of nitrogens with two attached hydrogens (primary N) is 1. The number of rotatable bonds is 5. The second-order valence-corrected chi connectivity index (χ2v) is 4.72. The predicted molar refractivity (Wildman–Crippen MR) is 66.7 cm³/mol. The van der Waals surface area contributed by atoms with Gasteiger partial charge in [0.05, 0.1) is 19.0 Å². The van der Waals surface area contributed by atoms with Gasteiger partial charge in [-0.2, -0.15) is 0 Å². The highest BCUT2D eigenvalue weighted by atomic mass is 16.5. The second-order valence-electron chi connectivity index (χ2n) is 4.72. The molecular formula is C12H22N4O. The summed E-state index contributed by atoms with van der Waals surface area (Å²) in [6.07, 6.45) is 7.02. The van der Waals surface area contributed by atoms with E-state index in [4.69, 9.17) is 10.5 Å². The smallest absolute Gasteiger partial charge is 0.0945 e. The summed E-state index contributed by atoms with van der Waals surface area (Å²) in [4.78, 5) is 6.47. The van der Waals surface area contributed by atoms with Gasteiger partial charge in [0, 0.05) is 44.6 Å². The topological polar surface area (TPSA) is 56.3 Å². The van der Waals surface area contributed by atoms with Gasteiger partial charge in [0.2, 0.25) is 0 Å². The summed E-state index contributed by atoms with van der Waals surface area (Å²) in [6, 6.07) is 0.117. The zero-order valence-electron chi connectivity index (χ0n) is 10.5. The van der Waals surface area contributed by atoms with E-state index in [-0.39, 0.29) is 12.1 Å². The third-order valence-electron chi connectivity index (χ3n) is 3.21. The third-order valence-corrected chi connectivity index (χ3v) is 3.21. The van der Waals surface area contributed by atoms with Gasteiger partial charge in [0.1, 0.15) is 0 Å². The lowest BCUT2D eigenvalue weighted by Crippen LogP contribution is -2.49. The van der Waals surface area contributed by atoms with Crippen LogP contribution in [0.15, 0.2) is 18.7 Å². The molecule has 1 fully saturated rings. The number of aryl methyl sites for hydroxylation is 1. The first-order chi connectivity index (χ1) is 8.25. The largest absolute Gasteiger partial charge is 0.374 e. The molecule has 2 unspecified atom stereocenters. The van der Waals surface area contributed by atoms with Gasteiger partial charge >= 0.3 is 0 Å². The van der Waals surface area contributed by atoms with E-state index in [0.29, 0.717) is 0 Å². The van der Waals surface area contributed by atoms with Crippen molar-refractivity contribution >= 4 is 0 Å². The van der Waals surface area contributed by atoms with Crippen LogP contribution >= 0.6 is 0 Å². The highest BCUT2D eigenvalue weighted by Gasteiger charge is 2.22. The van der Waals surface area contributed by atoms with Crippen molar-refractivity contribution in [1.82, 2.24) is 14.5 Å². The average molecular weight is 238 g/mol. The Kier molecular flexibility index (Phi) is 4.53. The highest BCUT2D eigenvalue weighted by Crippen LogP contribution is 2.08. The van der Waals surface area contributed by atoms with Crippen LogP contribution in [0.5, 0.6) is 0 Å². The van der Waals surface area contributed by atoms with Crippen LogP contribution in [0.3, 0.4) is 0 Å². The third kappa shape index (κ3) is 3.80. The molecule has 2 atom stereocenters. The number of morpholine rings is 1. The van der Waals surface area contributed by atoms with E-state index in [1.54, 1.807) is 0 Å². The van der Waals surface area contributed by atoms with E-state index in [9.17, 15) is 0 Å². The van der Waals surface area contributed by atoms with Gasteiger partial charge in [0.15, 0.2) is 0 Å². The second kappa shape index (κ2) is 6.14. The molecule has 1 saturated heterocycles. The molecule has 17 heavy (non-hydrogen) atoms. The molecule has 0 saturated carbocycles. The standard InChI is InChI=1S/C12H22N4O/c1-11(13)12-9-15(7-8-17-12)4-2-5-16-6-3-14-10-16/h3,6,10-12H,2,4-5,7-9,13H2,1H3. The summed E-state index contributed by atoms with van der Waals surface area (Å²) in [5.41, 5.74) is 5.87. The lowest BCUT2D eigenvalue weighted by atomic mass is 10.1. The quantitative estimate of drug-likeness (QED) is 0.802. The molecule has 2 rings (SSSR count). The molecule has 5 heteroatoms. The maximum absolute atomic E-state index is 5.87. The SMILES string of the molecule is CC(N)C1CN(CCCn2ccnc2)CCO1. The Morgan fingerprint density at radius 1 is 1.53 bits per heavy atom. The molecule has 5 nitrogen and oxygen atoms in total. The molecule has 1 aliphatic rings. The fourth-order valence-corrected chi connectivity index (χ4v) is 2.15. The van der Waals surface area contributed by atoms with E-state index < -0.39 is 0 Å². The molecule has 0 spiro atoms. The minimum absolute atomic E-state index is 0.117. The van der Waals surface area contributed by atoms with Crippen LogP contribution in [0, 0.1) is 0 Å². The van der Waals surface area contributed by atoms with Crippen molar-refractivity contribution in [1.29, 1.82) is 0 Å². The first-order valence-corrected chi connectivity index (χ1v) is 6.31. The molecule has 2 N–H and O–H groups in total. The molecule has 96 valence electrons. The number of aromatic nitrogens is 2. The normalized spacial score (nSPS) is 23.8. The van der Waals surface area contributed by atoms with Crippen molar-refractivity contribution in [2.45, 2.75) is 32.0 Å². The van der Waals surface area contributed by atoms with Crippen LogP contribution in [0.1, 0.15) is 13.3 Å². The van der Waals surface area contributed by atoms with Crippen LogP contribution in [0.2, 0.25) is 0 Å². The highest BCUT2D eigenvalue weighted by molar-refractivity contribution is 4.78. The summed E-state index contributed by atoms with van der Waals surface area (Å²) in [7, 11) is 0. The van der Waals surface area contributed by atoms with E-state index in [1.807, 2.05) is 25.6 Å². The Morgan fingerprint density at radius 2 is 2.41 bits per heavy atom. The van der Waals surface area contributed by atoms with Crippen LogP contribution in [-0.2, 0) is 11.3 Å². The number of nitrogens with zero attached hydrogens (tertiary/aromatic N) is 3. The maximum atomic E-state index is 5.87. The van der Waals surface area contributed by atoms with E-state index in [2.05, 4.69) is 14.5 Å². The van der Waals surface area contributed by atoms with E-state index in [1.165, 1.54) is 0 Å². The number of ether oxygens (including phenoxy) is 1. The van der Waals surface area contributed by atoms with Crippen LogP contribution in [0.25, 0.3) is 0 Å². The summed E-state index contributed by atoms with van der Waals surface area (Å²) in [5, 5.41) is 0. The van der Waals surface area contributed by atoms with E-state index in [0.717, 1.165) is 39.2 Å². The van der Waals surface area contributed by atoms with Crippen molar-refractivity contribution < 1.29 is 4.74 Å². The molecule has 0 bridgehead atoms. The minimum atomic E-state index is 0.117. The Hall–Kier alpha value is -0.910. The van der Waals surface area contributed by atoms with Gasteiger partial charge in [-0.3, -0.25) is 4.90 Å². The van der Waals surface area contributed by atoms with Gasteiger partial charge in [-0.1, -0.05) is 0 Å². The Morgan fingerprint density at radius 3 is 3.12 bits per heavy atom. The first kappa shape index (κ1) is 12.5. The minimum Gasteiger partial charge on any atom is -0.374 e. The van der Waals surface area contributed by atoms with Crippen molar-refractivity contribution in [2.24, 2.45) is 5.73 Å². The zero-order chi connectivity index (χ0) is 12.1. The summed E-state index contributed by atoms with van der Waals surface area (Å²) < 4.78 is 7.75. The summed E-state index contributed by atoms with van der Waals surface area (Å²) >= 11 is 0. The van der Waals surface area contributed by atoms with Gasteiger partial charge < -0.3 is 15.0 Å². The Balaban J connectivity index is 1.68. The average Bonchev–Trinajstić information content (AvgIpc) is 2.82. The fourth-order valence-electron chi connectivity index (χ4n) is 2.15. The first-order valence-electron chi connectivity index (χ1n) is 6.31. The van der Waals surface area contributed by atoms with Crippen LogP contribution < -0.4 is 5.73 Å². The van der Waals surface area contributed by atoms with Gasteiger partial charge in [-0.25, -0.2) is 4.98 Å². The molecule has 2 heterocycles. The van der Waals surface area contributed by atoms with Crippen molar-refractivity contribution in [2.75, 3.05) is 26.2 Å². The molecule has 0 radical (unpaired) electrons. The van der Waals surface area contributed by atoms with Gasteiger partial charge in [-0.15, -0.1) is 0 Å². The van der Waals surface area contributed by atoms with Crippen molar-refractivity contribution in [3.63, 3.8) is 0 Å².